The minimum absolute atomic E-state index is 0.238. The van der Waals surface area contributed by atoms with Crippen molar-refractivity contribution in [3.8, 4) is 11.3 Å². The molecular weight excluding hydrogens is 338 g/mol. The van der Waals surface area contributed by atoms with Crippen molar-refractivity contribution >= 4 is 28.6 Å². The van der Waals surface area contributed by atoms with Gasteiger partial charge in [0.2, 0.25) is 0 Å². The highest BCUT2D eigenvalue weighted by Gasteiger charge is 2.13. The number of hydrogen-bond acceptors (Lipinski definition) is 3. The Labute approximate surface area is 110 Å². The normalized spacial score (nSPS) is 10.3. The fourth-order valence-corrected chi connectivity index (χ4v) is 1.98. The number of halogens is 2. The van der Waals surface area contributed by atoms with Crippen LogP contribution in [0.25, 0.3) is 11.3 Å². The van der Waals surface area contributed by atoms with Crippen LogP contribution in [0.4, 0.5) is 4.39 Å². The average Bonchev–Trinajstić information content (AvgIpc) is 2.80. The van der Waals surface area contributed by atoms with Crippen LogP contribution in [0.3, 0.4) is 0 Å². The molecule has 4 nitrogen and oxygen atoms in total. The zero-order valence-electron chi connectivity index (χ0n) is 8.83. The molecule has 0 bridgehead atoms. The molecule has 0 amide bonds. The van der Waals surface area contributed by atoms with Gasteiger partial charge in [-0.15, -0.1) is 0 Å². The second-order valence-corrected chi connectivity index (χ2v) is 4.44. The topological polar surface area (TPSA) is 55.0 Å². The predicted octanol–water partition coefficient (Wildman–Crippen LogP) is 2.61. The van der Waals surface area contributed by atoms with Crippen LogP contribution in [-0.4, -0.2) is 23.3 Å². The zero-order valence-corrected chi connectivity index (χ0v) is 11.0. The molecule has 6 heteroatoms. The number of nitrogens with zero attached hydrogens (tertiary/aromatic N) is 1. The van der Waals surface area contributed by atoms with Crippen molar-refractivity contribution < 1.29 is 13.9 Å². The van der Waals surface area contributed by atoms with E-state index in [0.717, 1.165) is 3.57 Å². The highest BCUT2D eigenvalue weighted by molar-refractivity contribution is 14.1. The summed E-state index contributed by atoms with van der Waals surface area (Å²) in [6.45, 7) is 0. The number of methoxy groups -OCH3 is 1. The molecule has 0 spiro atoms. The monoisotopic (exact) mass is 346 g/mol. The van der Waals surface area contributed by atoms with Gasteiger partial charge in [0.1, 0.15) is 11.5 Å². The summed E-state index contributed by atoms with van der Waals surface area (Å²) in [5.74, 6) is -0.849. The van der Waals surface area contributed by atoms with Crippen molar-refractivity contribution in [1.82, 2.24) is 10.2 Å². The Bertz CT molecular complexity index is 568. The fourth-order valence-electron chi connectivity index (χ4n) is 1.37. The second kappa shape index (κ2) is 4.82. The molecule has 88 valence electrons. The smallest absolute Gasteiger partial charge is 0.356 e. The molecule has 0 saturated carbocycles. The van der Waals surface area contributed by atoms with Gasteiger partial charge in [-0.1, -0.05) is 0 Å². The Morgan fingerprint density at radius 3 is 2.94 bits per heavy atom. The lowest BCUT2D eigenvalue weighted by Crippen LogP contribution is -2.00. The predicted molar refractivity (Wildman–Crippen MR) is 68.0 cm³/mol. The van der Waals surface area contributed by atoms with Gasteiger partial charge < -0.3 is 4.74 Å². The molecule has 1 aromatic heterocycles. The van der Waals surface area contributed by atoms with Gasteiger partial charge in [0.05, 0.1) is 12.8 Å². The standard InChI is InChI=1S/C11H8FIN2O2/c1-17-11(16)10-5-9(14-15-10)7-4-6(12)2-3-8(7)13/h2-5H,1H3,(H,14,15). The minimum atomic E-state index is -0.504. The Balaban J connectivity index is 2.43. The number of nitrogens with one attached hydrogen (secondary N) is 1. The molecule has 0 unspecified atom stereocenters. The van der Waals surface area contributed by atoms with E-state index in [9.17, 15) is 9.18 Å². The summed E-state index contributed by atoms with van der Waals surface area (Å²) in [6, 6.07) is 5.93. The van der Waals surface area contributed by atoms with E-state index in [4.69, 9.17) is 0 Å². The van der Waals surface area contributed by atoms with Crippen molar-refractivity contribution in [2.24, 2.45) is 0 Å². The van der Waals surface area contributed by atoms with Crippen LogP contribution < -0.4 is 0 Å². The van der Waals surface area contributed by atoms with E-state index in [0.29, 0.717) is 11.3 Å². The van der Waals surface area contributed by atoms with Gasteiger partial charge in [0.15, 0.2) is 0 Å². The maximum atomic E-state index is 13.1. The van der Waals surface area contributed by atoms with Crippen molar-refractivity contribution in [3.05, 3.63) is 39.3 Å². The number of rotatable bonds is 2. The van der Waals surface area contributed by atoms with E-state index in [1.807, 2.05) is 0 Å². The third-order valence-corrected chi connectivity index (χ3v) is 3.13. The van der Waals surface area contributed by atoms with Crippen molar-refractivity contribution in [1.29, 1.82) is 0 Å². The van der Waals surface area contributed by atoms with Crippen molar-refractivity contribution in [2.45, 2.75) is 0 Å². The molecule has 1 aromatic carbocycles. The summed E-state index contributed by atoms with van der Waals surface area (Å²) in [5, 5.41) is 6.51. The molecule has 2 rings (SSSR count). The van der Waals surface area contributed by atoms with Crippen LogP contribution in [0, 0.1) is 9.39 Å². The largest absolute Gasteiger partial charge is 0.464 e. The molecule has 0 aliphatic rings. The van der Waals surface area contributed by atoms with E-state index in [1.165, 1.54) is 25.3 Å². The first kappa shape index (κ1) is 12.0. The number of H-pyrrole nitrogens is 1. The van der Waals surface area contributed by atoms with Gasteiger partial charge in [-0.25, -0.2) is 9.18 Å². The van der Waals surface area contributed by atoms with E-state index in [-0.39, 0.29) is 11.5 Å². The summed E-state index contributed by atoms with van der Waals surface area (Å²) in [5.41, 5.74) is 1.38. The number of aromatic nitrogens is 2. The lowest BCUT2D eigenvalue weighted by molar-refractivity contribution is 0.0594. The molecule has 0 atom stereocenters. The molecule has 2 aromatic rings. The number of ether oxygens (including phenoxy) is 1. The van der Waals surface area contributed by atoms with Crippen LogP contribution in [0.5, 0.6) is 0 Å². The number of carbonyl (C=O) groups excluding carboxylic acids is 1. The highest BCUT2D eigenvalue weighted by atomic mass is 127. The molecule has 0 radical (unpaired) electrons. The molecule has 1 N–H and O–H groups in total. The van der Waals surface area contributed by atoms with Gasteiger partial charge >= 0.3 is 5.97 Å². The first-order valence-electron chi connectivity index (χ1n) is 4.71. The number of hydrogen-bond donors (Lipinski definition) is 1. The molecule has 17 heavy (non-hydrogen) atoms. The van der Waals surface area contributed by atoms with E-state index in [2.05, 4.69) is 37.5 Å². The highest BCUT2D eigenvalue weighted by Crippen LogP contribution is 2.25. The molecule has 0 saturated heterocycles. The van der Waals surface area contributed by atoms with Crippen LogP contribution in [-0.2, 0) is 4.74 Å². The number of esters is 1. The summed E-state index contributed by atoms with van der Waals surface area (Å²) in [6.07, 6.45) is 0. The maximum absolute atomic E-state index is 13.1. The molecular formula is C11H8FIN2O2. The first-order valence-corrected chi connectivity index (χ1v) is 5.79. The summed E-state index contributed by atoms with van der Waals surface area (Å²) < 4.78 is 18.5. The van der Waals surface area contributed by atoms with E-state index in [1.54, 1.807) is 6.07 Å². The van der Waals surface area contributed by atoms with Gasteiger partial charge in [0.25, 0.3) is 0 Å². The van der Waals surface area contributed by atoms with Gasteiger partial charge in [-0.2, -0.15) is 5.10 Å². The van der Waals surface area contributed by atoms with Crippen molar-refractivity contribution in [3.63, 3.8) is 0 Å². The second-order valence-electron chi connectivity index (χ2n) is 3.28. The van der Waals surface area contributed by atoms with Crippen LogP contribution in [0.1, 0.15) is 10.5 Å². The first-order chi connectivity index (χ1) is 8.11. The lowest BCUT2D eigenvalue weighted by atomic mass is 10.1. The number of benzene rings is 1. The maximum Gasteiger partial charge on any atom is 0.356 e. The van der Waals surface area contributed by atoms with E-state index >= 15 is 0 Å². The Morgan fingerprint density at radius 2 is 2.24 bits per heavy atom. The quantitative estimate of drug-likeness (QED) is 0.672. The molecule has 0 aliphatic carbocycles. The Morgan fingerprint density at radius 1 is 1.47 bits per heavy atom. The summed E-state index contributed by atoms with van der Waals surface area (Å²) in [4.78, 5) is 11.2. The van der Waals surface area contributed by atoms with Crippen molar-refractivity contribution in [2.75, 3.05) is 7.11 Å². The zero-order chi connectivity index (χ0) is 12.4. The van der Waals surface area contributed by atoms with E-state index < -0.39 is 5.97 Å². The third kappa shape index (κ3) is 2.46. The average molecular weight is 346 g/mol. The van der Waals surface area contributed by atoms with Crippen LogP contribution >= 0.6 is 22.6 Å². The van der Waals surface area contributed by atoms with Gasteiger partial charge in [-0.3, -0.25) is 5.10 Å². The number of carbonyl (C=O) groups is 1. The minimum Gasteiger partial charge on any atom is -0.464 e. The van der Waals surface area contributed by atoms with Crippen LogP contribution in [0.15, 0.2) is 24.3 Å². The Kier molecular flexibility index (Phi) is 3.41. The van der Waals surface area contributed by atoms with Gasteiger partial charge in [0, 0.05) is 9.13 Å². The summed E-state index contributed by atoms with van der Waals surface area (Å²) in [7, 11) is 1.29. The Hall–Kier alpha value is -1.44. The number of aromatic amines is 1. The van der Waals surface area contributed by atoms with Gasteiger partial charge in [-0.05, 0) is 46.9 Å². The fraction of sp³-hybridized carbons (Fsp3) is 0.0909. The SMILES string of the molecule is COC(=O)c1cc(-c2cc(F)ccc2I)n[nH]1. The third-order valence-electron chi connectivity index (χ3n) is 2.19. The molecule has 0 aliphatic heterocycles. The lowest BCUT2D eigenvalue weighted by Gasteiger charge is -1.99. The van der Waals surface area contributed by atoms with Crippen LogP contribution in [0.2, 0.25) is 0 Å². The molecule has 1 heterocycles. The molecule has 0 fully saturated rings. The summed E-state index contributed by atoms with van der Waals surface area (Å²) >= 11 is 2.08.